The van der Waals surface area contributed by atoms with Crippen LogP contribution in [0.5, 0.6) is 0 Å². The smallest absolute Gasteiger partial charge is 0.356 e. The molecule has 0 aliphatic carbocycles. The molecule has 0 aliphatic rings. The highest BCUT2D eigenvalue weighted by molar-refractivity contribution is 6.26. The van der Waals surface area contributed by atoms with Gasteiger partial charge in [-0.15, -0.1) is 0 Å². The van der Waals surface area contributed by atoms with Gasteiger partial charge in [0.15, 0.2) is 5.97 Å². The summed E-state index contributed by atoms with van der Waals surface area (Å²) in [4.78, 5) is 18.0. The van der Waals surface area contributed by atoms with E-state index in [-0.39, 0.29) is 0 Å². The van der Waals surface area contributed by atoms with Crippen molar-refractivity contribution < 1.29 is 24.4 Å². The third-order valence-corrected chi connectivity index (χ3v) is 4.56. The Morgan fingerprint density at radius 1 is 0.867 bits per heavy atom. The fraction of sp³-hybridized carbons (Fsp3) is 0.0870. The number of fused-ring (bicyclic) bond motifs is 1. The van der Waals surface area contributed by atoms with Gasteiger partial charge in [0, 0.05) is 0 Å². The number of carboxylic acid groups (broad SMARTS) is 2. The van der Waals surface area contributed by atoms with E-state index in [1.807, 2.05) is 12.1 Å². The second-order valence-electron chi connectivity index (χ2n) is 6.58. The van der Waals surface area contributed by atoms with Gasteiger partial charge < -0.3 is 15.0 Å². The van der Waals surface area contributed by atoms with Crippen molar-refractivity contribution in [3.8, 4) is 0 Å². The number of benzene rings is 3. The van der Waals surface area contributed by atoms with Crippen LogP contribution in [0.2, 0.25) is 0 Å². The summed E-state index contributed by atoms with van der Waals surface area (Å²) >= 11 is 0. The Hall–Kier alpha value is -4.13. The van der Waals surface area contributed by atoms with Gasteiger partial charge in [0.25, 0.3) is 0 Å². The maximum atomic E-state index is 9.04. The number of aliphatic carboxylic acids is 2. The number of hydrogen-bond acceptors (Lipinski definition) is 4. The van der Waals surface area contributed by atoms with E-state index in [1.54, 1.807) is 0 Å². The van der Waals surface area contributed by atoms with E-state index >= 15 is 0 Å². The van der Waals surface area contributed by atoms with Crippen molar-refractivity contribution in [2.75, 3.05) is 5.73 Å². The number of nitrogen functional groups attached to an aromatic ring is 1. The minimum absolute atomic E-state index is 0.773. The quantitative estimate of drug-likeness (QED) is 0.395. The normalized spacial score (nSPS) is 10.3. The third-order valence-electron chi connectivity index (χ3n) is 4.56. The maximum Gasteiger partial charge on any atom is 0.356 e. The lowest BCUT2D eigenvalue weighted by molar-refractivity contribution is -0.648. The number of aromatic nitrogens is 2. The molecule has 0 aliphatic heterocycles. The fourth-order valence-corrected chi connectivity index (χ4v) is 3.18. The summed E-state index contributed by atoms with van der Waals surface area (Å²) in [7, 11) is 0. The van der Waals surface area contributed by atoms with E-state index in [1.165, 1.54) is 11.1 Å². The number of para-hydroxylation sites is 2. The topological polar surface area (TPSA) is 112 Å². The van der Waals surface area contributed by atoms with Crippen LogP contribution in [0.15, 0.2) is 84.9 Å². The molecule has 0 amide bonds. The number of carbonyl (C=O) groups excluding carboxylic acids is 1. The van der Waals surface area contributed by atoms with Crippen LogP contribution < -0.4 is 15.4 Å². The molecule has 0 atom stereocenters. The monoisotopic (exact) mass is 403 g/mol. The van der Waals surface area contributed by atoms with Gasteiger partial charge in [-0.05, 0) is 23.3 Å². The average Bonchev–Trinajstić information content (AvgIpc) is 3.02. The van der Waals surface area contributed by atoms with Crippen molar-refractivity contribution in [1.82, 2.24) is 4.57 Å². The van der Waals surface area contributed by atoms with Crippen molar-refractivity contribution in [2.45, 2.75) is 13.1 Å². The Morgan fingerprint density at radius 2 is 1.37 bits per heavy atom. The third kappa shape index (κ3) is 4.82. The molecule has 7 nitrogen and oxygen atoms in total. The van der Waals surface area contributed by atoms with Crippen molar-refractivity contribution in [1.29, 1.82) is 0 Å². The van der Waals surface area contributed by atoms with E-state index in [9.17, 15) is 0 Å². The predicted octanol–water partition coefficient (Wildman–Crippen LogP) is 1.43. The molecule has 152 valence electrons. The minimum atomic E-state index is -2.07. The molecule has 0 fully saturated rings. The summed E-state index contributed by atoms with van der Waals surface area (Å²) in [5, 5.41) is 16.3. The summed E-state index contributed by atoms with van der Waals surface area (Å²) in [5.74, 6) is -3.23. The lowest BCUT2D eigenvalue weighted by Gasteiger charge is -2.03. The molecule has 0 saturated heterocycles. The Labute approximate surface area is 173 Å². The Morgan fingerprint density at radius 3 is 1.93 bits per heavy atom. The molecule has 0 bridgehead atoms. The van der Waals surface area contributed by atoms with Crippen LogP contribution in [0, 0.1) is 0 Å². The van der Waals surface area contributed by atoms with Crippen LogP contribution in [0.25, 0.3) is 11.0 Å². The molecule has 4 aromatic rings. The van der Waals surface area contributed by atoms with E-state index < -0.39 is 11.9 Å². The lowest BCUT2D eigenvalue weighted by atomic mass is 10.2. The second kappa shape index (κ2) is 9.38. The highest BCUT2D eigenvalue weighted by Crippen LogP contribution is 2.18. The van der Waals surface area contributed by atoms with E-state index in [0.29, 0.717) is 0 Å². The van der Waals surface area contributed by atoms with E-state index in [2.05, 4.69) is 81.9 Å². The summed E-state index contributed by atoms with van der Waals surface area (Å²) in [6, 6.07) is 29.3. The van der Waals surface area contributed by atoms with Crippen LogP contribution in [0.1, 0.15) is 11.1 Å². The van der Waals surface area contributed by atoms with Crippen LogP contribution in [0.3, 0.4) is 0 Å². The first-order valence-electron chi connectivity index (χ1n) is 9.26. The molecule has 0 radical (unpaired) electrons. The number of nitrogens with two attached hydrogens (primary N) is 1. The Kier molecular flexibility index (Phi) is 6.44. The van der Waals surface area contributed by atoms with Gasteiger partial charge in [-0.2, -0.15) is 0 Å². The Balaban J connectivity index is 0.000000377. The van der Waals surface area contributed by atoms with Crippen molar-refractivity contribution >= 4 is 28.9 Å². The van der Waals surface area contributed by atoms with Gasteiger partial charge in [-0.1, -0.05) is 72.8 Å². The largest absolute Gasteiger partial charge is 0.539 e. The molecule has 0 saturated carbocycles. The predicted molar refractivity (Wildman–Crippen MR) is 110 cm³/mol. The first-order valence-corrected chi connectivity index (χ1v) is 9.26. The molecule has 1 aromatic heterocycles. The number of imidazole rings is 1. The minimum Gasteiger partial charge on any atom is -0.539 e. The standard InChI is InChI=1S/C21H19N3.C2H2O4/c22-21-23(15-17-9-3-1-4-10-17)19-13-7-8-14-20(19)24(21)16-18-11-5-2-6-12-18;3-1(4)2(5)6/h1-14,22H,15-16H2;(H,3,4)(H,5,6). The number of carboxylic acids is 2. The Bertz CT molecular complexity index is 1060. The second-order valence-corrected chi connectivity index (χ2v) is 6.58. The van der Waals surface area contributed by atoms with Gasteiger partial charge in [0.1, 0.15) is 11.0 Å². The summed E-state index contributed by atoms with van der Waals surface area (Å²) < 4.78 is 4.38. The molecule has 0 unspecified atom stereocenters. The first kappa shape index (κ1) is 20.6. The molecular formula is C23H21N3O4. The summed E-state index contributed by atoms with van der Waals surface area (Å²) in [6.45, 7) is 1.55. The van der Waals surface area contributed by atoms with Crippen LogP contribution in [0.4, 0.5) is 5.95 Å². The molecule has 0 spiro atoms. The summed E-state index contributed by atoms with van der Waals surface area (Å²) in [6.07, 6.45) is 0. The van der Waals surface area contributed by atoms with E-state index in [0.717, 1.165) is 30.1 Å². The first-order chi connectivity index (χ1) is 14.5. The SMILES string of the molecule is Nc1n(Cc2ccccc2)c2ccccc2[n+]1Cc1ccccc1.O=C([O-])C(=O)O. The number of hydrogen-bond donors (Lipinski definition) is 2. The van der Waals surface area contributed by atoms with Crippen molar-refractivity contribution in [3.63, 3.8) is 0 Å². The zero-order valence-corrected chi connectivity index (χ0v) is 16.1. The van der Waals surface area contributed by atoms with Crippen molar-refractivity contribution in [2.24, 2.45) is 0 Å². The molecule has 3 aromatic carbocycles. The van der Waals surface area contributed by atoms with Crippen LogP contribution in [-0.2, 0) is 22.7 Å². The fourth-order valence-electron chi connectivity index (χ4n) is 3.18. The molecule has 7 heteroatoms. The van der Waals surface area contributed by atoms with E-state index in [4.69, 9.17) is 25.5 Å². The number of carbonyl (C=O) groups is 2. The molecule has 3 N–H and O–H groups in total. The number of rotatable bonds is 4. The average molecular weight is 403 g/mol. The molecule has 1 heterocycles. The lowest BCUT2D eigenvalue weighted by Crippen LogP contribution is -2.37. The maximum absolute atomic E-state index is 9.04. The van der Waals surface area contributed by atoms with Crippen LogP contribution in [-0.4, -0.2) is 21.6 Å². The molecular weight excluding hydrogens is 382 g/mol. The zero-order chi connectivity index (χ0) is 21.5. The van der Waals surface area contributed by atoms with Crippen LogP contribution >= 0.6 is 0 Å². The number of anilines is 1. The highest BCUT2D eigenvalue weighted by Gasteiger charge is 2.20. The zero-order valence-electron chi connectivity index (χ0n) is 16.1. The number of nitrogens with zero attached hydrogens (tertiary/aromatic N) is 2. The van der Waals surface area contributed by atoms with Gasteiger partial charge in [0.2, 0.25) is 0 Å². The molecule has 4 rings (SSSR count). The van der Waals surface area contributed by atoms with Gasteiger partial charge in [0.05, 0.1) is 13.1 Å². The molecule has 30 heavy (non-hydrogen) atoms. The van der Waals surface area contributed by atoms with Gasteiger partial charge in [-0.25, -0.2) is 13.9 Å². The van der Waals surface area contributed by atoms with Crippen molar-refractivity contribution in [3.05, 3.63) is 96.1 Å². The summed E-state index contributed by atoms with van der Waals surface area (Å²) in [5.41, 5.74) is 11.4. The van der Waals surface area contributed by atoms with Gasteiger partial charge in [-0.3, -0.25) is 5.73 Å². The highest BCUT2D eigenvalue weighted by atomic mass is 16.4. The van der Waals surface area contributed by atoms with Gasteiger partial charge >= 0.3 is 11.9 Å².